The summed E-state index contributed by atoms with van der Waals surface area (Å²) in [5.74, 6) is 0.745. The highest BCUT2D eigenvalue weighted by molar-refractivity contribution is 7.92. The minimum atomic E-state index is -4.34. The first-order valence-corrected chi connectivity index (χ1v) is 13.5. The van der Waals surface area contributed by atoms with Crippen LogP contribution in [0.25, 0.3) is 0 Å². The number of rotatable bonds is 9. The highest BCUT2D eigenvalue weighted by Crippen LogP contribution is 2.33. The standard InChI is InChI=1S/C27H29N3O7S/c1-18-7-13-23(16-26(18)30(32)33)38(34,35)29(20-8-10-21(36-2)11-9-20)17-27(31)28-25-6-4-5-19-15-22(37-3)12-14-24(19)25/h7-16,25H,4-6,17H2,1-3H3,(H,28,31). The molecule has 0 radical (unpaired) electrons. The quantitative estimate of drug-likeness (QED) is 0.317. The lowest BCUT2D eigenvalue weighted by Crippen LogP contribution is -2.42. The topological polar surface area (TPSA) is 128 Å². The maximum absolute atomic E-state index is 13.7. The number of carbonyl (C=O) groups is 1. The summed E-state index contributed by atoms with van der Waals surface area (Å²) < 4.78 is 38.9. The number of sulfonamides is 1. The van der Waals surface area contributed by atoms with Gasteiger partial charge in [-0.15, -0.1) is 0 Å². The average molecular weight is 540 g/mol. The summed E-state index contributed by atoms with van der Waals surface area (Å²) in [7, 11) is -1.26. The van der Waals surface area contributed by atoms with Crippen molar-refractivity contribution in [2.24, 2.45) is 0 Å². The lowest BCUT2D eigenvalue weighted by molar-refractivity contribution is -0.385. The van der Waals surface area contributed by atoms with Gasteiger partial charge in [0.2, 0.25) is 5.91 Å². The van der Waals surface area contributed by atoms with Crippen LogP contribution in [0.2, 0.25) is 0 Å². The Labute approximate surface area is 221 Å². The molecule has 0 aromatic heterocycles. The zero-order chi connectivity index (χ0) is 27.4. The second kappa shape index (κ2) is 11.1. The number of nitrogens with zero attached hydrogens (tertiary/aromatic N) is 2. The van der Waals surface area contributed by atoms with Gasteiger partial charge in [-0.3, -0.25) is 19.2 Å². The van der Waals surface area contributed by atoms with Gasteiger partial charge in [0.15, 0.2) is 0 Å². The Morgan fingerprint density at radius 1 is 1.05 bits per heavy atom. The van der Waals surface area contributed by atoms with Crippen molar-refractivity contribution in [2.45, 2.75) is 37.1 Å². The molecule has 3 aromatic rings. The Bertz CT molecular complexity index is 1460. The van der Waals surface area contributed by atoms with Crippen molar-refractivity contribution in [1.29, 1.82) is 0 Å². The largest absolute Gasteiger partial charge is 0.497 e. The van der Waals surface area contributed by atoms with Crippen LogP contribution in [0.5, 0.6) is 11.5 Å². The van der Waals surface area contributed by atoms with E-state index in [1.54, 1.807) is 19.2 Å². The van der Waals surface area contributed by atoms with Gasteiger partial charge in [0.05, 0.1) is 35.8 Å². The fraction of sp³-hybridized carbons (Fsp3) is 0.296. The Morgan fingerprint density at radius 2 is 1.74 bits per heavy atom. The van der Waals surface area contributed by atoms with Gasteiger partial charge in [-0.1, -0.05) is 12.1 Å². The van der Waals surface area contributed by atoms with Crippen molar-refractivity contribution < 1.29 is 27.6 Å². The molecule has 1 unspecified atom stereocenters. The van der Waals surface area contributed by atoms with Crippen LogP contribution in [0.1, 0.15) is 35.6 Å². The minimum absolute atomic E-state index is 0.220. The number of hydrogen-bond acceptors (Lipinski definition) is 7. The van der Waals surface area contributed by atoms with Crippen LogP contribution in [0.15, 0.2) is 65.6 Å². The maximum Gasteiger partial charge on any atom is 0.273 e. The number of ether oxygens (including phenoxy) is 2. The van der Waals surface area contributed by atoms with E-state index in [0.717, 1.165) is 40.1 Å². The molecule has 10 nitrogen and oxygen atoms in total. The summed E-state index contributed by atoms with van der Waals surface area (Å²) in [5, 5.41) is 14.4. The van der Waals surface area contributed by atoms with Gasteiger partial charge in [0, 0.05) is 11.6 Å². The van der Waals surface area contributed by atoms with Gasteiger partial charge in [-0.25, -0.2) is 8.42 Å². The Balaban J connectivity index is 1.66. The van der Waals surface area contributed by atoms with E-state index >= 15 is 0 Å². The zero-order valence-corrected chi connectivity index (χ0v) is 22.2. The third kappa shape index (κ3) is 5.57. The smallest absolute Gasteiger partial charge is 0.273 e. The molecule has 0 bridgehead atoms. The molecule has 4 rings (SSSR count). The van der Waals surface area contributed by atoms with Crippen molar-refractivity contribution in [3.8, 4) is 11.5 Å². The Kier molecular flexibility index (Phi) is 7.86. The summed E-state index contributed by atoms with van der Waals surface area (Å²) >= 11 is 0. The minimum Gasteiger partial charge on any atom is -0.497 e. The number of fused-ring (bicyclic) bond motifs is 1. The van der Waals surface area contributed by atoms with E-state index in [0.29, 0.717) is 17.7 Å². The first-order chi connectivity index (χ1) is 18.1. The fourth-order valence-electron chi connectivity index (χ4n) is 4.58. The number of nitrogens with one attached hydrogen (secondary N) is 1. The molecule has 38 heavy (non-hydrogen) atoms. The fourth-order valence-corrected chi connectivity index (χ4v) is 6.02. The van der Waals surface area contributed by atoms with Crippen LogP contribution in [-0.4, -0.2) is 40.0 Å². The van der Waals surface area contributed by atoms with E-state index in [2.05, 4.69) is 5.32 Å². The van der Waals surface area contributed by atoms with E-state index in [9.17, 15) is 23.3 Å². The van der Waals surface area contributed by atoms with Crippen LogP contribution in [0.3, 0.4) is 0 Å². The second-order valence-corrected chi connectivity index (χ2v) is 10.9. The van der Waals surface area contributed by atoms with Gasteiger partial charge >= 0.3 is 0 Å². The van der Waals surface area contributed by atoms with Crippen molar-refractivity contribution in [2.75, 3.05) is 25.1 Å². The number of hydrogen-bond donors (Lipinski definition) is 1. The molecule has 0 spiro atoms. The van der Waals surface area contributed by atoms with Crippen LogP contribution in [-0.2, 0) is 21.2 Å². The van der Waals surface area contributed by atoms with E-state index in [1.807, 2.05) is 18.2 Å². The third-order valence-corrected chi connectivity index (χ3v) is 8.38. The maximum atomic E-state index is 13.7. The van der Waals surface area contributed by atoms with Crippen LogP contribution in [0.4, 0.5) is 11.4 Å². The van der Waals surface area contributed by atoms with E-state index in [1.165, 1.54) is 38.3 Å². The van der Waals surface area contributed by atoms with Gasteiger partial charge in [-0.2, -0.15) is 0 Å². The molecule has 1 N–H and O–H groups in total. The van der Waals surface area contributed by atoms with E-state index < -0.39 is 27.4 Å². The van der Waals surface area contributed by atoms with Crippen LogP contribution in [0, 0.1) is 17.0 Å². The first-order valence-electron chi connectivity index (χ1n) is 12.0. The molecule has 0 heterocycles. The molecule has 3 aromatic carbocycles. The van der Waals surface area contributed by atoms with Crippen molar-refractivity contribution >= 4 is 27.3 Å². The number of anilines is 1. The Morgan fingerprint density at radius 3 is 2.39 bits per heavy atom. The molecule has 1 aliphatic rings. The molecule has 0 fully saturated rings. The number of benzene rings is 3. The number of aryl methyl sites for hydroxylation is 2. The Hall–Kier alpha value is -4.12. The molecule has 1 atom stereocenters. The predicted molar refractivity (Wildman–Crippen MR) is 142 cm³/mol. The number of methoxy groups -OCH3 is 2. The average Bonchev–Trinajstić information content (AvgIpc) is 2.91. The molecule has 1 amide bonds. The van der Waals surface area contributed by atoms with Crippen molar-refractivity contribution in [3.63, 3.8) is 0 Å². The third-order valence-electron chi connectivity index (χ3n) is 6.61. The monoisotopic (exact) mass is 539 g/mol. The van der Waals surface area contributed by atoms with Crippen LogP contribution >= 0.6 is 0 Å². The summed E-state index contributed by atoms with van der Waals surface area (Å²) in [6.45, 7) is 1.01. The highest BCUT2D eigenvalue weighted by Gasteiger charge is 2.31. The summed E-state index contributed by atoms with van der Waals surface area (Å²) in [5.41, 5.74) is 2.28. The summed E-state index contributed by atoms with van der Waals surface area (Å²) in [4.78, 5) is 23.8. The number of amides is 1. The van der Waals surface area contributed by atoms with Crippen molar-refractivity contribution in [3.05, 3.63) is 87.5 Å². The molecular formula is C27H29N3O7S. The molecule has 11 heteroatoms. The molecular weight excluding hydrogens is 510 g/mol. The van der Waals surface area contributed by atoms with Crippen LogP contribution < -0.4 is 19.1 Å². The van der Waals surface area contributed by atoms with Crippen molar-refractivity contribution in [1.82, 2.24) is 5.32 Å². The van der Waals surface area contributed by atoms with Gasteiger partial charge in [0.25, 0.3) is 15.7 Å². The molecule has 0 saturated heterocycles. The second-order valence-electron chi connectivity index (χ2n) is 8.99. The first kappa shape index (κ1) is 26.9. The van der Waals surface area contributed by atoms with Gasteiger partial charge in [0.1, 0.15) is 18.0 Å². The highest BCUT2D eigenvalue weighted by atomic mass is 32.2. The van der Waals surface area contributed by atoms with E-state index in [4.69, 9.17) is 9.47 Å². The summed E-state index contributed by atoms with van der Waals surface area (Å²) in [6, 6.07) is 15.3. The lowest BCUT2D eigenvalue weighted by Gasteiger charge is -2.29. The number of nitro groups is 1. The molecule has 200 valence electrons. The predicted octanol–water partition coefficient (Wildman–Crippen LogP) is 4.31. The molecule has 0 saturated carbocycles. The van der Waals surface area contributed by atoms with Gasteiger partial charge < -0.3 is 14.8 Å². The summed E-state index contributed by atoms with van der Waals surface area (Å²) in [6.07, 6.45) is 2.43. The number of nitro benzene ring substituents is 1. The van der Waals surface area contributed by atoms with E-state index in [-0.39, 0.29) is 22.3 Å². The SMILES string of the molecule is COc1ccc(N(CC(=O)NC2CCCc3cc(OC)ccc32)S(=O)(=O)c2ccc(C)c([N+](=O)[O-])c2)cc1. The number of carbonyl (C=O) groups excluding carboxylic acids is 1. The normalized spacial score (nSPS) is 14.8. The molecule has 1 aliphatic carbocycles. The zero-order valence-electron chi connectivity index (χ0n) is 21.3. The molecule has 0 aliphatic heterocycles. The van der Waals surface area contributed by atoms with Gasteiger partial charge in [-0.05, 0) is 79.8 Å². The lowest BCUT2D eigenvalue weighted by atomic mass is 9.87.